The highest BCUT2D eigenvalue weighted by molar-refractivity contribution is 5.52. The molecule has 62 valence electrons. The number of nitrogens with zero attached hydrogens (tertiary/aromatic N) is 3. The van der Waals surface area contributed by atoms with Crippen molar-refractivity contribution in [2.75, 3.05) is 5.73 Å². The molecule has 0 atom stereocenters. The number of halogens is 2. The number of hydrogen-bond acceptors (Lipinski definition) is 2. The maximum absolute atomic E-state index is 12.7. The molecule has 0 saturated carbocycles. The fourth-order valence-corrected chi connectivity index (χ4v) is 0.679. The van der Waals surface area contributed by atoms with Gasteiger partial charge in [-0.2, -0.15) is 0 Å². The molecular weight excluding hydrogens is 166 g/mol. The molecule has 1 rings (SSSR count). The quantitative estimate of drug-likeness (QED) is 0.299. The fourth-order valence-electron chi connectivity index (χ4n) is 0.679. The monoisotopic (exact) mass is 170 g/mol. The van der Waals surface area contributed by atoms with Gasteiger partial charge in [-0.25, -0.2) is 8.78 Å². The van der Waals surface area contributed by atoms with Crippen LogP contribution in [0.25, 0.3) is 10.4 Å². The molecule has 6 heteroatoms. The zero-order valence-corrected chi connectivity index (χ0v) is 5.83. The summed E-state index contributed by atoms with van der Waals surface area (Å²) in [5.41, 5.74) is 12.5. The average molecular weight is 170 g/mol. The van der Waals surface area contributed by atoms with Gasteiger partial charge in [0.2, 0.25) is 0 Å². The van der Waals surface area contributed by atoms with E-state index in [2.05, 4.69) is 10.0 Å². The zero-order chi connectivity index (χ0) is 9.14. The van der Waals surface area contributed by atoms with Gasteiger partial charge in [-0.15, -0.1) is 0 Å². The van der Waals surface area contributed by atoms with Gasteiger partial charge in [0.15, 0.2) is 0 Å². The first kappa shape index (κ1) is 8.29. The minimum atomic E-state index is -0.931. The molecule has 0 fully saturated rings. The van der Waals surface area contributed by atoms with Crippen molar-refractivity contribution in [3.8, 4) is 0 Å². The summed E-state index contributed by atoms with van der Waals surface area (Å²) in [6.45, 7) is 0. The molecule has 0 amide bonds. The summed E-state index contributed by atoms with van der Waals surface area (Å²) in [5.74, 6) is -1.80. The number of nitrogen functional groups attached to an aromatic ring is 1. The first-order chi connectivity index (χ1) is 5.65. The van der Waals surface area contributed by atoms with E-state index in [9.17, 15) is 8.78 Å². The molecule has 0 bridgehead atoms. The van der Waals surface area contributed by atoms with Crippen molar-refractivity contribution in [1.82, 2.24) is 0 Å². The second kappa shape index (κ2) is 3.06. The van der Waals surface area contributed by atoms with Crippen LogP contribution in [0, 0.1) is 11.6 Å². The summed E-state index contributed by atoms with van der Waals surface area (Å²) in [5, 5.41) is 2.97. The predicted molar refractivity (Wildman–Crippen MR) is 39.6 cm³/mol. The first-order valence-electron chi connectivity index (χ1n) is 2.94. The van der Waals surface area contributed by atoms with E-state index >= 15 is 0 Å². The third kappa shape index (κ3) is 1.43. The van der Waals surface area contributed by atoms with Crippen LogP contribution in [0.3, 0.4) is 0 Å². The molecule has 1 aromatic rings. The van der Waals surface area contributed by atoms with Gasteiger partial charge in [-0.1, -0.05) is 5.11 Å². The lowest BCUT2D eigenvalue weighted by molar-refractivity contribution is 0.587. The van der Waals surface area contributed by atoms with Crippen LogP contribution in [-0.4, -0.2) is 0 Å². The summed E-state index contributed by atoms with van der Waals surface area (Å²) in [7, 11) is 0. The van der Waals surface area contributed by atoms with E-state index in [1.165, 1.54) is 0 Å². The standard InChI is InChI=1S/C6H4F2N4/c7-3-1-4(8)6(11-12-10)2-5(3)9/h1-2H,9H2. The number of hydrogen-bond donors (Lipinski definition) is 1. The van der Waals surface area contributed by atoms with Crippen molar-refractivity contribution in [3.05, 3.63) is 34.2 Å². The Morgan fingerprint density at radius 3 is 2.58 bits per heavy atom. The molecule has 0 radical (unpaired) electrons. The third-order valence-electron chi connectivity index (χ3n) is 1.22. The topological polar surface area (TPSA) is 74.8 Å². The van der Waals surface area contributed by atoms with Crippen LogP contribution in [0.4, 0.5) is 20.2 Å². The van der Waals surface area contributed by atoms with E-state index in [1.54, 1.807) is 0 Å². The van der Waals surface area contributed by atoms with Gasteiger partial charge in [0.25, 0.3) is 0 Å². The Morgan fingerprint density at radius 1 is 1.33 bits per heavy atom. The van der Waals surface area contributed by atoms with Crippen molar-refractivity contribution in [2.45, 2.75) is 0 Å². The van der Waals surface area contributed by atoms with Gasteiger partial charge < -0.3 is 5.73 Å². The number of nitrogens with two attached hydrogens (primary N) is 1. The number of benzene rings is 1. The third-order valence-corrected chi connectivity index (χ3v) is 1.22. The highest BCUT2D eigenvalue weighted by Gasteiger charge is 2.05. The van der Waals surface area contributed by atoms with Crippen molar-refractivity contribution < 1.29 is 8.78 Å². The summed E-state index contributed by atoms with van der Waals surface area (Å²) in [6, 6.07) is 1.50. The lowest BCUT2D eigenvalue weighted by atomic mass is 10.2. The number of rotatable bonds is 1. The predicted octanol–water partition coefficient (Wildman–Crippen LogP) is 2.49. The Morgan fingerprint density at radius 2 is 2.00 bits per heavy atom. The van der Waals surface area contributed by atoms with Crippen molar-refractivity contribution in [1.29, 1.82) is 0 Å². The van der Waals surface area contributed by atoms with E-state index < -0.39 is 11.6 Å². The summed E-state index contributed by atoms with van der Waals surface area (Å²) in [4.78, 5) is 2.34. The summed E-state index contributed by atoms with van der Waals surface area (Å²) < 4.78 is 25.2. The van der Waals surface area contributed by atoms with Gasteiger partial charge in [-0.05, 0) is 11.6 Å². The molecule has 12 heavy (non-hydrogen) atoms. The van der Waals surface area contributed by atoms with Crippen molar-refractivity contribution in [3.63, 3.8) is 0 Å². The molecule has 2 N–H and O–H groups in total. The van der Waals surface area contributed by atoms with Gasteiger partial charge in [0, 0.05) is 11.0 Å². The molecule has 1 aromatic carbocycles. The second-order valence-corrected chi connectivity index (χ2v) is 2.01. The van der Waals surface area contributed by atoms with Gasteiger partial charge in [-0.3, -0.25) is 0 Å². The lowest BCUT2D eigenvalue weighted by Gasteiger charge is -1.98. The van der Waals surface area contributed by atoms with E-state index in [4.69, 9.17) is 11.3 Å². The van der Waals surface area contributed by atoms with E-state index in [1.807, 2.05) is 0 Å². The highest BCUT2D eigenvalue weighted by Crippen LogP contribution is 2.23. The summed E-state index contributed by atoms with van der Waals surface area (Å²) in [6.07, 6.45) is 0. The van der Waals surface area contributed by atoms with Crippen molar-refractivity contribution >= 4 is 11.4 Å². The Labute approximate surface area is 66.2 Å². The smallest absolute Gasteiger partial charge is 0.149 e. The molecule has 0 aliphatic rings. The zero-order valence-electron chi connectivity index (χ0n) is 5.83. The van der Waals surface area contributed by atoms with Crippen LogP contribution < -0.4 is 5.73 Å². The van der Waals surface area contributed by atoms with Crippen LogP contribution in [0.15, 0.2) is 17.2 Å². The summed E-state index contributed by atoms with van der Waals surface area (Å²) >= 11 is 0. The van der Waals surface area contributed by atoms with Gasteiger partial charge in [0.1, 0.15) is 11.6 Å². The Hall–Kier alpha value is -1.81. The minimum Gasteiger partial charge on any atom is -0.396 e. The lowest BCUT2D eigenvalue weighted by Crippen LogP contribution is -1.91. The molecule has 0 aliphatic carbocycles. The normalized spacial score (nSPS) is 9.17. The first-order valence-corrected chi connectivity index (χ1v) is 2.94. The molecular formula is C6H4F2N4. The highest BCUT2D eigenvalue weighted by atomic mass is 19.1. The van der Waals surface area contributed by atoms with Crippen LogP contribution in [-0.2, 0) is 0 Å². The van der Waals surface area contributed by atoms with Gasteiger partial charge in [0.05, 0.1) is 11.4 Å². The maximum atomic E-state index is 12.7. The van der Waals surface area contributed by atoms with E-state index in [0.29, 0.717) is 6.07 Å². The molecule has 0 unspecified atom stereocenters. The minimum absolute atomic E-state index is 0.251. The molecule has 0 saturated heterocycles. The number of anilines is 1. The second-order valence-electron chi connectivity index (χ2n) is 2.01. The van der Waals surface area contributed by atoms with Crippen LogP contribution >= 0.6 is 0 Å². The average Bonchev–Trinajstić information content (AvgIpc) is 2.01. The van der Waals surface area contributed by atoms with Crippen LogP contribution in [0.1, 0.15) is 0 Å². The largest absolute Gasteiger partial charge is 0.396 e. The fraction of sp³-hybridized carbons (Fsp3) is 0. The Kier molecular flexibility index (Phi) is 2.11. The van der Waals surface area contributed by atoms with Crippen molar-refractivity contribution in [2.24, 2.45) is 5.11 Å². The number of azide groups is 1. The Bertz CT molecular complexity index is 357. The Balaban J connectivity index is 3.32. The molecule has 4 nitrogen and oxygen atoms in total. The molecule has 0 heterocycles. The maximum Gasteiger partial charge on any atom is 0.149 e. The van der Waals surface area contributed by atoms with E-state index in [0.717, 1.165) is 6.07 Å². The molecule has 0 aliphatic heterocycles. The molecule has 0 spiro atoms. The van der Waals surface area contributed by atoms with Gasteiger partial charge >= 0.3 is 0 Å². The SMILES string of the molecule is [N-]=[N+]=Nc1cc(N)c(F)cc1F. The molecule has 0 aromatic heterocycles. The van der Waals surface area contributed by atoms with Crippen LogP contribution in [0.5, 0.6) is 0 Å². The van der Waals surface area contributed by atoms with Crippen LogP contribution in [0.2, 0.25) is 0 Å². The van der Waals surface area contributed by atoms with E-state index in [-0.39, 0.29) is 11.4 Å².